The van der Waals surface area contributed by atoms with E-state index in [9.17, 15) is 0 Å². The summed E-state index contributed by atoms with van der Waals surface area (Å²) < 4.78 is 2.52. The van der Waals surface area contributed by atoms with Crippen molar-refractivity contribution in [1.29, 1.82) is 0 Å². The van der Waals surface area contributed by atoms with Crippen molar-refractivity contribution in [1.82, 2.24) is 15.0 Å². The number of aromatic nitrogens is 3. The number of rotatable bonds is 6. The van der Waals surface area contributed by atoms with Crippen LogP contribution in [0.5, 0.6) is 0 Å². The second-order valence-electron chi connectivity index (χ2n) is 16.5. The molecule has 0 saturated heterocycles. The topological polar surface area (TPSA) is 38.7 Å². The third-order valence-electron chi connectivity index (χ3n) is 12.9. The minimum Gasteiger partial charge on any atom is -0.208 e. The molecule has 0 N–H and O–H groups in total. The predicted octanol–water partition coefficient (Wildman–Crippen LogP) is 16.9. The van der Waals surface area contributed by atoms with E-state index in [2.05, 4.69) is 188 Å². The van der Waals surface area contributed by atoms with E-state index in [0.29, 0.717) is 17.5 Å². The summed E-state index contributed by atoms with van der Waals surface area (Å²) in [6, 6.07) is 80.6. The summed E-state index contributed by atoms with van der Waals surface area (Å²) in [4.78, 5) is 15.6. The molecule has 0 radical (unpaired) electrons. The van der Waals surface area contributed by atoms with Gasteiger partial charge in [-0.2, -0.15) is 0 Å². The molecule has 65 heavy (non-hydrogen) atoms. The zero-order chi connectivity index (χ0) is 42.8. The van der Waals surface area contributed by atoms with Gasteiger partial charge in [-0.05, 0) is 88.6 Å². The zero-order valence-electron chi connectivity index (χ0n) is 35.1. The van der Waals surface area contributed by atoms with E-state index in [1.165, 1.54) is 75.1 Å². The summed E-state index contributed by atoms with van der Waals surface area (Å²) >= 11 is 1.87. The van der Waals surface area contributed by atoms with Gasteiger partial charge in [0.25, 0.3) is 0 Å². The van der Waals surface area contributed by atoms with Crippen molar-refractivity contribution >= 4 is 74.6 Å². The molecule has 0 fully saturated rings. The maximum Gasteiger partial charge on any atom is 0.165 e. The van der Waals surface area contributed by atoms with Crippen LogP contribution in [0.3, 0.4) is 0 Å². The van der Waals surface area contributed by atoms with Crippen LogP contribution in [0.2, 0.25) is 0 Å². The van der Waals surface area contributed by atoms with Crippen molar-refractivity contribution < 1.29 is 0 Å². The van der Waals surface area contributed by atoms with Crippen molar-refractivity contribution in [3.05, 3.63) is 224 Å². The monoisotopic (exact) mass is 843 g/mol. The fraction of sp³-hybridized carbons (Fsp3) is 0. The minimum atomic E-state index is 0.644. The van der Waals surface area contributed by atoms with Gasteiger partial charge in [0, 0.05) is 36.9 Å². The lowest BCUT2D eigenvalue weighted by Gasteiger charge is -2.19. The Balaban J connectivity index is 1.12. The summed E-state index contributed by atoms with van der Waals surface area (Å²) in [5.41, 5.74) is 10.3. The van der Waals surface area contributed by atoms with Gasteiger partial charge < -0.3 is 0 Å². The normalized spacial score (nSPS) is 11.7. The Hall–Kier alpha value is -8.31. The molecular formula is C61H37N3S. The third kappa shape index (κ3) is 5.99. The molecule has 13 rings (SSSR count). The molecule has 3 nitrogen and oxygen atoms in total. The average Bonchev–Trinajstić information content (AvgIpc) is 3.78. The molecule has 11 aromatic carbocycles. The Kier molecular flexibility index (Phi) is 8.71. The Morgan fingerprint density at radius 1 is 0.231 bits per heavy atom. The highest BCUT2D eigenvalue weighted by Gasteiger charge is 2.25. The van der Waals surface area contributed by atoms with Gasteiger partial charge >= 0.3 is 0 Å². The van der Waals surface area contributed by atoms with Crippen LogP contribution in [0, 0.1) is 0 Å². The standard InChI is InChI=1S/C61H37N3S/c1-4-20-38(21-5-1)53-41-26-10-12-28-43(41)54(44-29-13-11-27-42(44)53)49-34-18-36-51-57(49)58-50(35-19-37-52(58)65-51)55-45-30-14-16-32-47(45)56(48-33-17-15-31-46(48)55)61-63-59(39-22-6-2-7-23-39)62-60(64-61)40-24-8-3-9-25-40/h1-37H. The molecule has 0 aliphatic heterocycles. The summed E-state index contributed by atoms with van der Waals surface area (Å²) in [7, 11) is 0. The van der Waals surface area contributed by atoms with E-state index in [0.717, 1.165) is 38.2 Å². The van der Waals surface area contributed by atoms with E-state index in [1.807, 2.05) is 47.7 Å². The van der Waals surface area contributed by atoms with Crippen molar-refractivity contribution in [3.8, 4) is 67.5 Å². The van der Waals surface area contributed by atoms with E-state index in [-0.39, 0.29) is 0 Å². The van der Waals surface area contributed by atoms with Crippen LogP contribution in [-0.4, -0.2) is 15.0 Å². The predicted molar refractivity (Wildman–Crippen MR) is 275 cm³/mol. The first kappa shape index (κ1) is 37.3. The van der Waals surface area contributed by atoms with Gasteiger partial charge in [-0.25, -0.2) is 15.0 Å². The highest BCUT2D eigenvalue weighted by atomic mass is 32.1. The average molecular weight is 844 g/mol. The lowest BCUT2D eigenvalue weighted by Crippen LogP contribution is -2.01. The molecule has 0 aliphatic carbocycles. The van der Waals surface area contributed by atoms with E-state index in [1.54, 1.807) is 0 Å². The third-order valence-corrected chi connectivity index (χ3v) is 14.0. The van der Waals surface area contributed by atoms with Gasteiger partial charge in [0.15, 0.2) is 17.5 Å². The number of benzene rings is 11. The van der Waals surface area contributed by atoms with Crippen molar-refractivity contribution in [2.24, 2.45) is 0 Å². The second-order valence-corrected chi connectivity index (χ2v) is 17.6. The first-order chi connectivity index (χ1) is 32.3. The van der Waals surface area contributed by atoms with Crippen LogP contribution >= 0.6 is 11.3 Å². The van der Waals surface area contributed by atoms with Crippen LogP contribution in [0.4, 0.5) is 0 Å². The van der Waals surface area contributed by atoms with Gasteiger partial charge in [-0.1, -0.05) is 212 Å². The van der Waals surface area contributed by atoms with Gasteiger partial charge in [0.2, 0.25) is 0 Å². The van der Waals surface area contributed by atoms with Gasteiger partial charge in [0.1, 0.15) is 0 Å². The molecule has 0 aliphatic rings. The Labute approximate surface area is 379 Å². The molecule has 0 spiro atoms. The fourth-order valence-electron chi connectivity index (χ4n) is 10.2. The smallest absolute Gasteiger partial charge is 0.165 e. The van der Waals surface area contributed by atoms with E-state index >= 15 is 0 Å². The molecular weight excluding hydrogens is 807 g/mol. The van der Waals surface area contributed by atoms with Crippen molar-refractivity contribution in [3.63, 3.8) is 0 Å². The molecule has 13 aromatic rings. The zero-order valence-corrected chi connectivity index (χ0v) is 35.9. The number of nitrogens with zero attached hydrogens (tertiary/aromatic N) is 3. The summed E-state index contributed by atoms with van der Waals surface area (Å²) in [5, 5.41) is 12.0. The first-order valence-corrected chi connectivity index (χ1v) is 22.8. The lowest BCUT2D eigenvalue weighted by molar-refractivity contribution is 1.08. The molecule has 0 amide bonds. The van der Waals surface area contributed by atoms with Gasteiger partial charge in [0.05, 0.1) is 0 Å². The van der Waals surface area contributed by atoms with E-state index in [4.69, 9.17) is 15.0 Å². The number of fused-ring (bicyclic) bond motifs is 7. The largest absolute Gasteiger partial charge is 0.208 e. The fourth-order valence-corrected chi connectivity index (χ4v) is 11.4. The number of hydrogen-bond acceptors (Lipinski definition) is 4. The van der Waals surface area contributed by atoms with Crippen LogP contribution in [-0.2, 0) is 0 Å². The SMILES string of the molecule is c1ccc(-c2nc(-c3ccccc3)nc(-c3c4ccccc4c(-c4cccc5sc6cccc(-c7c8ccccc8c(-c8ccccc8)c8ccccc78)c6c45)c4ccccc34)n2)cc1. The summed E-state index contributed by atoms with van der Waals surface area (Å²) in [6.07, 6.45) is 0. The van der Waals surface area contributed by atoms with Crippen LogP contribution < -0.4 is 0 Å². The second kappa shape index (κ2) is 15.2. The van der Waals surface area contributed by atoms with Gasteiger partial charge in [-0.3, -0.25) is 0 Å². The summed E-state index contributed by atoms with van der Waals surface area (Å²) in [5.74, 6) is 1.94. The van der Waals surface area contributed by atoms with Crippen LogP contribution in [0.15, 0.2) is 224 Å². The van der Waals surface area contributed by atoms with Gasteiger partial charge in [-0.15, -0.1) is 11.3 Å². The van der Waals surface area contributed by atoms with Crippen LogP contribution in [0.1, 0.15) is 0 Å². The summed E-state index contributed by atoms with van der Waals surface area (Å²) in [6.45, 7) is 0. The quantitative estimate of drug-likeness (QED) is 0.157. The molecule has 0 saturated carbocycles. The number of thiophene rings is 1. The van der Waals surface area contributed by atoms with Crippen molar-refractivity contribution in [2.75, 3.05) is 0 Å². The molecule has 0 bridgehead atoms. The Bertz CT molecular complexity index is 3820. The Morgan fingerprint density at radius 2 is 0.538 bits per heavy atom. The van der Waals surface area contributed by atoms with E-state index < -0.39 is 0 Å². The maximum absolute atomic E-state index is 5.28. The highest BCUT2D eigenvalue weighted by Crippen LogP contribution is 2.52. The maximum atomic E-state index is 5.28. The first-order valence-electron chi connectivity index (χ1n) is 22.0. The minimum absolute atomic E-state index is 0.644. The Morgan fingerprint density at radius 3 is 0.923 bits per heavy atom. The molecule has 302 valence electrons. The van der Waals surface area contributed by atoms with Crippen molar-refractivity contribution in [2.45, 2.75) is 0 Å². The van der Waals surface area contributed by atoms with Crippen LogP contribution in [0.25, 0.3) is 131 Å². The molecule has 2 aromatic heterocycles. The number of hydrogen-bond donors (Lipinski definition) is 0. The highest BCUT2D eigenvalue weighted by molar-refractivity contribution is 7.26. The lowest BCUT2D eigenvalue weighted by atomic mass is 9.83. The molecule has 0 unspecified atom stereocenters. The molecule has 0 atom stereocenters. The molecule has 2 heterocycles. The molecule has 4 heteroatoms.